The van der Waals surface area contributed by atoms with E-state index in [9.17, 15) is 0 Å². The van der Waals surface area contributed by atoms with Gasteiger partial charge in [-0.1, -0.05) is 0 Å². The molecule has 0 aliphatic heterocycles. The van der Waals surface area contributed by atoms with Gasteiger partial charge in [0.1, 0.15) is 5.75 Å². The van der Waals surface area contributed by atoms with Crippen LogP contribution in [-0.4, -0.2) is 9.97 Å². The molecular weight excluding hydrogens is 172 g/mol. The van der Waals surface area contributed by atoms with Gasteiger partial charge in [-0.25, -0.2) is 0 Å². The molecule has 12 heavy (non-hydrogen) atoms. The maximum Gasteiger partial charge on any atom is 0.139 e. The number of benzene rings is 1. The molecule has 0 bridgehead atoms. The summed E-state index contributed by atoms with van der Waals surface area (Å²) in [6.45, 7) is 0. The third-order valence-corrected chi connectivity index (χ3v) is 1.76. The van der Waals surface area contributed by atoms with E-state index in [0.29, 0.717) is 5.75 Å². The zero-order chi connectivity index (χ0) is 8.39. The molecule has 0 saturated heterocycles. The summed E-state index contributed by atoms with van der Waals surface area (Å²) in [4.78, 5) is 8.23. The quantitative estimate of drug-likeness (QED) is 0.534. The van der Waals surface area contributed by atoms with Gasteiger partial charge in [-0.05, 0) is 12.1 Å². The zero-order valence-corrected chi connectivity index (χ0v) is 7.03. The highest BCUT2D eigenvalue weighted by Crippen LogP contribution is 2.17. The van der Waals surface area contributed by atoms with Crippen molar-refractivity contribution in [1.29, 1.82) is 0 Å². The Bertz CT molecular complexity index is 405. The second-order valence-electron chi connectivity index (χ2n) is 2.30. The van der Waals surface area contributed by atoms with Gasteiger partial charge < -0.3 is 4.18 Å². The zero-order valence-electron chi connectivity index (χ0n) is 6.14. The normalized spacial score (nSPS) is 10.1. The van der Waals surface area contributed by atoms with E-state index in [2.05, 4.69) is 22.9 Å². The summed E-state index contributed by atoms with van der Waals surface area (Å²) in [5.74, 6) is 0.673. The van der Waals surface area contributed by atoms with Gasteiger partial charge in [-0.2, -0.15) is 0 Å². The summed E-state index contributed by atoms with van der Waals surface area (Å²) in [5.41, 5.74) is 1.66. The highest BCUT2D eigenvalue weighted by atomic mass is 32.1. The molecule has 2 aromatic rings. The number of rotatable bonds is 1. The van der Waals surface area contributed by atoms with Crippen molar-refractivity contribution in [2.75, 3.05) is 0 Å². The first-order chi connectivity index (χ1) is 5.90. The molecule has 0 atom stereocenters. The minimum atomic E-state index is 0.673. The Morgan fingerprint density at radius 3 is 2.58 bits per heavy atom. The van der Waals surface area contributed by atoms with E-state index in [1.54, 1.807) is 24.5 Å². The highest BCUT2D eigenvalue weighted by Gasteiger charge is 1.96. The molecule has 1 aromatic carbocycles. The van der Waals surface area contributed by atoms with Crippen molar-refractivity contribution in [1.82, 2.24) is 9.97 Å². The van der Waals surface area contributed by atoms with Gasteiger partial charge in [-0.3, -0.25) is 9.97 Å². The lowest BCUT2D eigenvalue weighted by Crippen LogP contribution is -1.82. The van der Waals surface area contributed by atoms with Crippen molar-refractivity contribution in [3.63, 3.8) is 0 Å². The number of fused-ring (bicyclic) bond motifs is 1. The lowest BCUT2D eigenvalue weighted by Gasteiger charge is -1.98. The molecule has 4 heteroatoms. The Morgan fingerprint density at radius 2 is 1.83 bits per heavy atom. The molecular formula is C8H6N2OS. The van der Waals surface area contributed by atoms with Gasteiger partial charge in [0.25, 0.3) is 0 Å². The van der Waals surface area contributed by atoms with Crippen LogP contribution in [0.1, 0.15) is 0 Å². The van der Waals surface area contributed by atoms with Gasteiger partial charge in [0.05, 0.1) is 11.0 Å². The number of aromatic nitrogens is 2. The van der Waals surface area contributed by atoms with Crippen LogP contribution in [0.15, 0.2) is 30.6 Å². The van der Waals surface area contributed by atoms with E-state index < -0.39 is 0 Å². The van der Waals surface area contributed by atoms with E-state index >= 15 is 0 Å². The fraction of sp³-hybridized carbons (Fsp3) is 0. The van der Waals surface area contributed by atoms with Crippen LogP contribution in [0.5, 0.6) is 5.75 Å². The largest absolute Gasteiger partial charge is 0.429 e. The minimum Gasteiger partial charge on any atom is -0.429 e. The van der Waals surface area contributed by atoms with Gasteiger partial charge >= 0.3 is 0 Å². The van der Waals surface area contributed by atoms with E-state index in [1.165, 1.54) is 0 Å². The maximum atomic E-state index is 4.75. The molecule has 0 spiro atoms. The highest BCUT2D eigenvalue weighted by molar-refractivity contribution is 7.75. The first-order valence-electron chi connectivity index (χ1n) is 3.42. The maximum absolute atomic E-state index is 4.75. The van der Waals surface area contributed by atoms with Crippen LogP contribution < -0.4 is 4.18 Å². The average molecular weight is 178 g/mol. The molecule has 3 nitrogen and oxygen atoms in total. The van der Waals surface area contributed by atoms with Gasteiger partial charge in [0.15, 0.2) is 0 Å². The Kier molecular flexibility index (Phi) is 1.83. The van der Waals surface area contributed by atoms with Gasteiger partial charge in [0, 0.05) is 31.4 Å². The second kappa shape index (κ2) is 2.98. The SMILES string of the molecule is SOc1ccc2nccnc2c1. The van der Waals surface area contributed by atoms with Gasteiger partial charge in [0.2, 0.25) is 0 Å². The van der Waals surface area contributed by atoms with Crippen LogP contribution in [0.3, 0.4) is 0 Å². The van der Waals surface area contributed by atoms with Crippen molar-refractivity contribution in [2.45, 2.75) is 0 Å². The predicted octanol–water partition coefficient (Wildman–Crippen LogP) is 1.85. The second-order valence-corrected chi connectivity index (χ2v) is 2.48. The summed E-state index contributed by atoms with van der Waals surface area (Å²) in [6, 6.07) is 5.42. The molecule has 0 aliphatic carbocycles. The van der Waals surface area contributed by atoms with E-state index in [4.69, 9.17) is 4.18 Å². The third kappa shape index (κ3) is 1.21. The molecule has 2 rings (SSSR count). The van der Waals surface area contributed by atoms with Crippen LogP contribution in [0.25, 0.3) is 11.0 Å². The molecule has 0 amide bonds. The first-order valence-corrected chi connectivity index (χ1v) is 3.79. The molecule has 0 aliphatic rings. The lowest BCUT2D eigenvalue weighted by molar-refractivity contribution is 0.660. The third-order valence-electron chi connectivity index (χ3n) is 1.55. The monoisotopic (exact) mass is 178 g/mol. The number of hydrogen-bond donors (Lipinski definition) is 1. The number of thiol groups is 1. The lowest BCUT2D eigenvalue weighted by atomic mass is 10.3. The summed E-state index contributed by atoms with van der Waals surface area (Å²) >= 11 is 3.69. The standard InChI is InChI=1S/C8H6N2OS/c12-11-6-1-2-7-8(5-6)10-4-3-9-7/h1-5,12H. The van der Waals surface area contributed by atoms with Gasteiger partial charge in [-0.15, -0.1) is 0 Å². The van der Waals surface area contributed by atoms with Crippen molar-refractivity contribution in [3.8, 4) is 5.75 Å². The van der Waals surface area contributed by atoms with E-state index in [0.717, 1.165) is 11.0 Å². The molecule has 0 N–H and O–H groups in total. The Labute approximate surface area is 75.0 Å². The number of nitrogens with zero attached hydrogens (tertiary/aromatic N) is 2. The average Bonchev–Trinajstić information content (AvgIpc) is 2.17. The molecule has 0 saturated carbocycles. The Hall–Kier alpha value is -1.29. The van der Waals surface area contributed by atoms with Crippen molar-refractivity contribution in [3.05, 3.63) is 30.6 Å². The summed E-state index contributed by atoms with van der Waals surface area (Å²) in [7, 11) is 0. The van der Waals surface area contributed by atoms with Crippen LogP contribution in [0, 0.1) is 0 Å². The number of hydrogen-bond acceptors (Lipinski definition) is 4. The minimum absolute atomic E-state index is 0.673. The molecule has 1 aromatic heterocycles. The fourth-order valence-corrected chi connectivity index (χ4v) is 1.11. The summed E-state index contributed by atoms with van der Waals surface area (Å²) < 4.78 is 4.75. The Balaban J connectivity index is 2.67. The molecule has 0 fully saturated rings. The summed E-state index contributed by atoms with van der Waals surface area (Å²) in [6.07, 6.45) is 3.30. The van der Waals surface area contributed by atoms with Crippen molar-refractivity contribution in [2.24, 2.45) is 0 Å². The predicted molar refractivity (Wildman–Crippen MR) is 49.2 cm³/mol. The molecule has 1 heterocycles. The van der Waals surface area contributed by atoms with Crippen molar-refractivity contribution >= 4 is 23.9 Å². The summed E-state index contributed by atoms with van der Waals surface area (Å²) in [5, 5.41) is 0. The fourth-order valence-electron chi connectivity index (χ4n) is 1.000. The first kappa shape index (κ1) is 7.36. The van der Waals surface area contributed by atoms with Crippen LogP contribution in [0.4, 0.5) is 0 Å². The topological polar surface area (TPSA) is 35.0 Å². The molecule has 60 valence electrons. The molecule has 0 radical (unpaired) electrons. The Morgan fingerprint density at radius 1 is 1.08 bits per heavy atom. The van der Waals surface area contributed by atoms with Crippen molar-refractivity contribution < 1.29 is 4.18 Å². The van der Waals surface area contributed by atoms with E-state index in [-0.39, 0.29) is 0 Å². The van der Waals surface area contributed by atoms with Crippen LogP contribution in [0.2, 0.25) is 0 Å². The van der Waals surface area contributed by atoms with Crippen LogP contribution in [-0.2, 0) is 0 Å². The smallest absolute Gasteiger partial charge is 0.139 e. The van der Waals surface area contributed by atoms with Crippen LogP contribution >= 0.6 is 12.9 Å². The molecule has 0 unspecified atom stereocenters. The van der Waals surface area contributed by atoms with E-state index in [1.807, 2.05) is 6.07 Å².